The van der Waals surface area contributed by atoms with Gasteiger partial charge in [0.1, 0.15) is 11.6 Å². The summed E-state index contributed by atoms with van der Waals surface area (Å²) in [6, 6.07) is 9.90. The van der Waals surface area contributed by atoms with E-state index in [9.17, 15) is 4.39 Å². The Morgan fingerprint density at radius 1 is 1.24 bits per heavy atom. The lowest BCUT2D eigenvalue weighted by molar-refractivity contribution is 0.404. The third-order valence-electron chi connectivity index (χ3n) is 3.18. The van der Waals surface area contributed by atoms with Gasteiger partial charge in [0.25, 0.3) is 0 Å². The van der Waals surface area contributed by atoms with Crippen molar-refractivity contribution in [3.8, 4) is 5.75 Å². The number of hydrogen-bond acceptors (Lipinski definition) is 2. The molecule has 2 rings (SSSR count). The van der Waals surface area contributed by atoms with E-state index in [0.29, 0.717) is 10.6 Å². The topological polar surface area (TPSA) is 21.3 Å². The highest BCUT2D eigenvalue weighted by Crippen LogP contribution is 2.35. The molecule has 5 heteroatoms. The van der Waals surface area contributed by atoms with E-state index in [1.807, 2.05) is 25.1 Å². The molecule has 21 heavy (non-hydrogen) atoms. The first-order valence-corrected chi connectivity index (χ1v) is 7.75. The lowest BCUT2D eigenvalue weighted by atomic mass is 9.97. The van der Waals surface area contributed by atoms with Crippen LogP contribution in [-0.2, 0) is 0 Å². The fraction of sp³-hybridized carbons (Fsp3) is 0.250. The van der Waals surface area contributed by atoms with Crippen LogP contribution < -0.4 is 10.1 Å². The van der Waals surface area contributed by atoms with Crippen molar-refractivity contribution < 1.29 is 9.13 Å². The van der Waals surface area contributed by atoms with Gasteiger partial charge < -0.3 is 10.1 Å². The smallest absolute Gasteiger partial charge is 0.125 e. The van der Waals surface area contributed by atoms with E-state index in [1.54, 1.807) is 13.2 Å². The monoisotopic (exact) mass is 371 g/mol. The average Bonchev–Trinajstić information content (AvgIpc) is 2.48. The van der Waals surface area contributed by atoms with Crippen molar-refractivity contribution in [2.24, 2.45) is 0 Å². The highest BCUT2D eigenvalue weighted by Gasteiger charge is 2.20. The zero-order valence-electron chi connectivity index (χ0n) is 11.8. The van der Waals surface area contributed by atoms with Gasteiger partial charge in [0.15, 0.2) is 0 Å². The van der Waals surface area contributed by atoms with Gasteiger partial charge in [-0.1, -0.05) is 40.5 Å². The maximum absolute atomic E-state index is 13.6. The first-order chi connectivity index (χ1) is 10.1. The van der Waals surface area contributed by atoms with Crippen LogP contribution >= 0.6 is 27.5 Å². The van der Waals surface area contributed by atoms with Crippen molar-refractivity contribution in [3.05, 3.63) is 62.8 Å². The van der Waals surface area contributed by atoms with Gasteiger partial charge >= 0.3 is 0 Å². The Labute approximate surface area is 137 Å². The van der Waals surface area contributed by atoms with Crippen LogP contribution in [0.2, 0.25) is 5.02 Å². The summed E-state index contributed by atoms with van der Waals surface area (Å²) in [5.74, 6) is 0.407. The van der Waals surface area contributed by atoms with Gasteiger partial charge in [0.2, 0.25) is 0 Å². The number of nitrogens with one attached hydrogen (secondary N) is 1. The summed E-state index contributed by atoms with van der Waals surface area (Å²) < 4.78 is 19.9. The van der Waals surface area contributed by atoms with E-state index >= 15 is 0 Å². The van der Waals surface area contributed by atoms with Crippen molar-refractivity contribution in [1.82, 2.24) is 5.32 Å². The summed E-state index contributed by atoms with van der Waals surface area (Å²) in [5.41, 5.74) is 1.61. The molecule has 1 atom stereocenters. The number of benzene rings is 2. The van der Waals surface area contributed by atoms with Gasteiger partial charge in [-0.05, 0) is 42.4 Å². The number of halogens is 3. The Kier molecular flexibility index (Phi) is 5.62. The number of rotatable bonds is 5. The SMILES string of the molecule is CCNC(c1cc(F)ccc1Cl)c1ccc(Br)cc1OC. The Bertz CT molecular complexity index is 636. The molecule has 1 N–H and O–H groups in total. The first kappa shape index (κ1) is 16.3. The Morgan fingerprint density at radius 2 is 2.00 bits per heavy atom. The Morgan fingerprint density at radius 3 is 2.67 bits per heavy atom. The maximum atomic E-state index is 13.6. The second-order valence-corrected chi connectivity index (χ2v) is 5.87. The third kappa shape index (κ3) is 3.76. The molecule has 2 aromatic carbocycles. The minimum Gasteiger partial charge on any atom is -0.496 e. The third-order valence-corrected chi connectivity index (χ3v) is 4.02. The highest BCUT2D eigenvalue weighted by atomic mass is 79.9. The van der Waals surface area contributed by atoms with E-state index in [2.05, 4.69) is 21.2 Å². The minimum atomic E-state index is -0.312. The van der Waals surface area contributed by atoms with E-state index in [1.165, 1.54) is 12.1 Å². The molecule has 0 aliphatic carbocycles. The van der Waals surface area contributed by atoms with E-state index in [4.69, 9.17) is 16.3 Å². The molecule has 0 fully saturated rings. The molecule has 0 heterocycles. The van der Waals surface area contributed by atoms with Crippen LogP contribution in [0.4, 0.5) is 4.39 Å². The van der Waals surface area contributed by atoms with Gasteiger partial charge in [-0.3, -0.25) is 0 Å². The second-order valence-electron chi connectivity index (χ2n) is 4.54. The zero-order valence-corrected chi connectivity index (χ0v) is 14.1. The van der Waals surface area contributed by atoms with Crippen LogP contribution in [-0.4, -0.2) is 13.7 Å². The van der Waals surface area contributed by atoms with Gasteiger partial charge in [0.05, 0.1) is 13.2 Å². The minimum absolute atomic E-state index is 0.235. The van der Waals surface area contributed by atoms with Gasteiger partial charge in [0, 0.05) is 15.1 Å². The van der Waals surface area contributed by atoms with Crippen LogP contribution in [0.25, 0.3) is 0 Å². The first-order valence-electron chi connectivity index (χ1n) is 6.58. The lowest BCUT2D eigenvalue weighted by Crippen LogP contribution is -2.23. The normalized spacial score (nSPS) is 12.2. The molecule has 0 spiro atoms. The largest absolute Gasteiger partial charge is 0.496 e. The molecule has 112 valence electrons. The Hall–Kier alpha value is -1.10. The van der Waals surface area contributed by atoms with Crippen LogP contribution in [0.5, 0.6) is 5.75 Å². The summed E-state index contributed by atoms with van der Waals surface area (Å²) in [6.07, 6.45) is 0. The molecule has 0 aromatic heterocycles. The lowest BCUT2D eigenvalue weighted by Gasteiger charge is -2.22. The zero-order chi connectivity index (χ0) is 15.4. The summed E-state index contributed by atoms with van der Waals surface area (Å²) >= 11 is 9.67. The van der Waals surface area contributed by atoms with Crippen molar-refractivity contribution in [2.45, 2.75) is 13.0 Å². The van der Waals surface area contributed by atoms with Crippen LogP contribution in [0.15, 0.2) is 40.9 Å². The van der Waals surface area contributed by atoms with Crippen LogP contribution in [0, 0.1) is 5.82 Å². The molecule has 2 nitrogen and oxygen atoms in total. The van der Waals surface area contributed by atoms with Gasteiger partial charge in [-0.25, -0.2) is 4.39 Å². The standard InChI is InChI=1S/C16H16BrClFNO/c1-3-20-16(13-9-11(19)5-7-14(13)18)12-6-4-10(17)8-15(12)21-2/h4-9,16,20H,3H2,1-2H3. The molecule has 2 aromatic rings. The molecule has 0 amide bonds. The second kappa shape index (κ2) is 7.25. The molecule has 0 radical (unpaired) electrons. The molecule has 0 aliphatic heterocycles. The van der Waals surface area contributed by atoms with Crippen LogP contribution in [0.3, 0.4) is 0 Å². The van der Waals surface area contributed by atoms with Crippen molar-refractivity contribution in [1.29, 1.82) is 0 Å². The predicted molar refractivity (Wildman–Crippen MR) is 87.6 cm³/mol. The maximum Gasteiger partial charge on any atom is 0.125 e. The van der Waals surface area contributed by atoms with E-state index in [0.717, 1.165) is 22.3 Å². The average molecular weight is 373 g/mol. The fourth-order valence-electron chi connectivity index (χ4n) is 2.25. The molecular weight excluding hydrogens is 357 g/mol. The summed E-state index contributed by atoms with van der Waals surface area (Å²) in [5, 5.41) is 3.85. The number of methoxy groups -OCH3 is 1. The number of hydrogen-bond donors (Lipinski definition) is 1. The van der Waals surface area contributed by atoms with Crippen LogP contribution in [0.1, 0.15) is 24.1 Å². The summed E-state index contributed by atoms with van der Waals surface area (Å²) in [6.45, 7) is 2.71. The van der Waals surface area contributed by atoms with Gasteiger partial charge in [-0.2, -0.15) is 0 Å². The fourth-order valence-corrected chi connectivity index (χ4v) is 2.82. The van der Waals surface area contributed by atoms with Crippen molar-refractivity contribution in [3.63, 3.8) is 0 Å². The molecule has 0 saturated heterocycles. The Balaban J connectivity index is 2.55. The van der Waals surface area contributed by atoms with Crippen molar-refractivity contribution in [2.75, 3.05) is 13.7 Å². The molecule has 0 aliphatic rings. The molecular formula is C16H16BrClFNO. The highest BCUT2D eigenvalue weighted by molar-refractivity contribution is 9.10. The molecule has 0 bridgehead atoms. The molecule has 0 saturated carbocycles. The summed E-state index contributed by atoms with van der Waals surface area (Å²) in [7, 11) is 1.61. The quantitative estimate of drug-likeness (QED) is 0.802. The summed E-state index contributed by atoms with van der Waals surface area (Å²) in [4.78, 5) is 0. The van der Waals surface area contributed by atoms with Crippen molar-refractivity contribution >= 4 is 27.5 Å². The predicted octanol–water partition coefficient (Wildman–Crippen LogP) is 4.95. The number of ether oxygens (including phenoxy) is 1. The van der Waals surface area contributed by atoms with Gasteiger partial charge in [-0.15, -0.1) is 0 Å². The molecule has 1 unspecified atom stereocenters. The van der Waals surface area contributed by atoms with E-state index < -0.39 is 0 Å². The van der Waals surface area contributed by atoms with E-state index in [-0.39, 0.29) is 11.9 Å².